The van der Waals surface area contributed by atoms with Gasteiger partial charge in [-0.2, -0.15) is 0 Å². The van der Waals surface area contributed by atoms with Gasteiger partial charge in [-0.05, 0) is 36.2 Å². The van der Waals surface area contributed by atoms with Gasteiger partial charge in [0.1, 0.15) is 0 Å². The average Bonchev–Trinajstić information content (AvgIpc) is 3.05. The van der Waals surface area contributed by atoms with Gasteiger partial charge in [-0.25, -0.2) is 0 Å². The van der Waals surface area contributed by atoms with E-state index in [-0.39, 0.29) is 31.3 Å². The quantitative estimate of drug-likeness (QED) is 0.862. The van der Waals surface area contributed by atoms with E-state index >= 15 is 0 Å². The van der Waals surface area contributed by atoms with Crippen LogP contribution in [0.3, 0.4) is 0 Å². The highest BCUT2D eigenvalue weighted by Crippen LogP contribution is 2.30. The zero-order valence-corrected chi connectivity index (χ0v) is 14.7. The third kappa shape index (κ3) is 3.69. The maximum absolute atomic E-state index is 12.3. The van der Waals surface area contributed by atoms with Crippen LogP contribution in [0.1, 0.15) is 30.1 Å². The molecular weight excluding hydrogens is 332 g/mol. The van der Waals surface area contributed by atoms with Gasteiger partial charge in [-0.3, -0.25) is 14.4 Å². The van der Waals surface area contributed by atoms with Crippen LogP contribution in [-0.4, -0.2) is 47.4 Å². The predicted molar refractivity (Wildman–Crippen MR) is 97.8 cm³/mol. The fourth-order valence-electron chi connectivity index (χ4n) is 3.22. The largest absolute Gasteiger partial charge is 0.481 e. The van der Waals surface area contributed by atoms with E-state index in [2.05, 4.69) is 5.32 Å². The second kappa shape index (κ2) is 7.15. The van der Waals surface area contributed by atoms with Crippen LogP contribution in [0.15, 0.2) is 42.5 Å². The molecule has 0 bridgehead atoms. The number of carboxylic acids is 1. The number of fused-ring (bicyclic) bond motifs is 1. The number of nitrogens with zero attached hydrogens (tertiary/aromatic N) is 1. The number of likely N-dealkylation sites (tertiary alicyclic amines) is 1. The Kier molecular flexibility index (Phi) is 4.93. The Morgan fingerprint density at radius 3 is 2.58 bits per heavy atom. The first-order valence-corrected chi connectivity index (χ1v) is 8.67. The lowest BCUT2D eigenvalue weighted by molar-refractivity contribution is -0.147. The number of nitrogens with one attached hydrogen (secondary N) is 1. The zero-order chi connectivity index (χ0) is 18.7. The van der Waals surface area contributed by atoms with Gasteiger partial charge in [-0.15, -0.1) is 0 Å². The minimum Gasteiger partial charge on any atom is -0.481 e. The number of carboxylic acid groups (broad SMARTS) is 1. The molecule has 1 fully saturated rings. The first kappa shape index (κ1) is 17.9. The predicted octanol–water partition coefficient (Wildman–Crippen LogP) is 2.28. The summed E-state index contributed by atoms with van der Waals surface area (Å²) in [4.78, 5) is 37.3. The van der Waals surface area contributed by atoms with Crippen LogP contribution >= 0.6 is 0 Å². The van der Waals surface area contributed by atoms with Gasteiger partial charge in [0.15, 0.2) is 0 Å². The summed E-state index contributed by atoms with van der Waals surface area (Å²) in [5.74, 6) is -1.23. The lowest BCUT2D eigenvalue weighted by Crippen LogP contribution is -2.36. The van der Waals surface area contributed by atoms with Crippen LogP contribution in [0.4, 0.5) is 0 Å². The minimum absolute atomic E-state index is 0.131. The van der Waals surface area contributed by atoms with E-state index in [1.807, 2.05) is 36.4 Å². The summed E-state index contributed by atoms with van der Waals surface area (Å²) in [6.45, 7) is 2.55. The number of aliphatic carboxylic acids is 1. The molecule has 1 aliphatic rings. The summed E-state index contributed by atoms with van der Waals surface area (Å²) in [6.07, 6.45) is 0.618. The van der Waals surface area contributed by atoms with Crippen molar-refractivity contribution >= 4 is 28.6 Å². The molecule has 1 saturated heterocycles. The van der Waals surface area contributed by atoms with E-state index < -0.39 is 11.4 Å². The summed E-state index contributed by atoms with van der Waals surface area (Å²) < 4.78 is 0. The van der Waals surface area contributed by atoms with Crippen LogP contribution in [0.5, 0.6) is 0 Å². The van der Waals surface area contributed by atoms with E-state index in [4.69, 9.17) is 0 Å². The highest BCUT2D eigenvalue weighted by molar-refractivity contribution is 5.98. The summed E-state index contributed by atoms with van der Waals surface area (Å²) in [7, 11) is 0. The Morgan fingerprint density at radius 2 is 1.88 bits per heavy atom. The number of benzene rings is 2. The van der Waals surface area contributed by atoms with Crippen molar-refractivity contribution < 1.29 is 19.5 Å². The number of rotatable bonds is 5. The molecular formula is C20H22N2O4. The highest BCUT2D eigenvalue weighted by Gasteiger charge is 2.41. The summed E-state index contributed by atoms with van der Waals surface area (Å²) >= 11 is 0. The van der Waals surface area contributed by atoms with E-state index in [0.29, 0.717) is 18.5 Å². The van der Waals surface area contributed by atoms with E-state index in [1.165, 1.54) is 0 Å². The number of carbonyl (C=O) groups excluding carboxylic acids is 2. The molecule has 0 spiro atoms. The first-order chi connectivity index (χ1) is 12.4. The van der Waals surface area contributed by atoms with Gasteiger partial charge in [0.2, 0.25) is 5.91 Å². The fourth-order valence-corrected chi connectivity index (χ4v) is 3.22. The molecule has 2 amide bonds. The molecule has 3 rings (SSSR count). The van der Waals surface area contributed by atoms with Crippen LogP contribution in [0.2, 0.25) is 0 Å². The molecule has 6 nitrogen and oxygen atoms in total. The van der Waals surface area contributed by atoms with Crippen molar-refractivity contribution in [3.05, 3.63) is 48.0 Å². The minimum atomic E-state index is -0.877. The maximum Gasteiger partial charge on any atom is 0.311 e. The molecule has 2 aromatic carbocycles. The molecule has 1 atom stereocenters. The Bertz CT molecular complexity index is 864. The number of amides is 2. The third-order valence-electron chi connectivity index (χ3n) is 4.98. The Labute approximate surface area is 151 Å². The van der Waals surface area contributed by atoms with Crippen LogP contribution in [-0.2, 0) is 9.59 Å². The van der Waals surface area contributed by atoms with Crippen molar-refractivity contribution in [1.29, 1.82) is 0 Å². The second-order valence-electron chi connectivity index (χ2n) is 7.00. The number of hydrogen-bond donors (Lipinski definition) is 2. The molecule has 1 heterocycles. The first-order valence-electron chi connectivity index (χ1n) is 8.67. The Morgan fingerprint density at radius 1 is 1.15 bits per heavy atom. The molecule has 0 aliphatic carbocycles. The maximum atomic E-state index is 12.3. The monoisotopic (exact) mass is 354 g/mol. The molecule has 1 aliphatic heterocycles. The Hall–Kier alpha value is -2.89. The van der Waals surface area contributed by atoms with Gasteiger partial charge in [-0.1, -0.05) is 30.3 Å². The van der Waals surface area contributed by atoms with E-state index in [9.17, 15) is 19.5 Å². The topological polar surface area (TPSA) is 86.7 Å². The fraction of sp³-hybridized carbons (Fsp3) is 0.350. The summed E-state index contributed by atoms with van der Waals surface area (Å²) in [6, 6.07) is 13.3. The van der Waals surface area contributed by atoms with Crippen molar-refractivity contribution in [2.45, 2.75) is 19.8 Å². The van der Waals surface area contributed by atoms with Gasteiger partial charge < -0.3 is 15.3 Å². The van der Waals surface area contributed by atoms with Crippen molar-refractivity contribution in [3.8, 4) is 0 Å². The summed E-state index contributed by atoms with van der Waals surface area (Å²) in [5.41, 5.74) is -0.319. The lowest BCUT2D eigenvalue weighted by Gasteiger charge is -2.20. The summed E-state index contributed by atoms with van der Waals surface area (Å²) in [5, 5.41) is 14.0. The van der Waals surface area contributed by atoms with Crippen molar-refractivity contribution in [3.63, 3.8) is 0 Å². The standard InChI is InChI=1S/C20H22N2O4/c1-20(19(25)26)9-11-22(13-20)17(23)8-10-21-18(24)16-7-6-14-4-2-3-5-15(14)12-16/h2-7,12H,8-11,13H2,1H3,(H,21,24)(H,25,26). The second-order valence-corrected chi connectivity index (χ2v) is 7.00. The zero-order valence-electron chi connectivity index (χ0n) is 14.7. The molecule has 6 heteroatoms. The number of carbonyl (C=O) groups is 3. The lowest BCUT2D eigenvalue weighted by atomic mass is 9.90. The van der Waals surface area contributed by atoms with Gasteiger partial charge in [0.25, 0.3) is 5.91 Å². The van der Waals surface area contributed by atoms with Crippen molar-refractivity contribution in [2.24, 2.45) is 5.41 Å². The van der Waals surface area contributed by atoms with Crippen molar-refractivity contribution in [1.82, 2.24) is 10.2 Å². The highest BCUT2D eigenvalue weighted by atomic mass is 16.4. The molecule has 2 N–H and O–H groups in total. The third-order valence-corrected chi connectivity index (χ3v) is 4.98. The van der Waals surface area contributed by atoms with Crippen LogP contribution in [0, 0.1) is 5.41 Å². The molecule has 0 saturated carbocycles. The van der Waals surface area contributed by atoms with Crippen LogP contribution in [0.25, 0.3) is 10.8 Å². The van der Waals surface area contributed by atoms with Gasteiger partial charge in [0, 0.05) is 31.6 Å². The van der Waals surface area contributed by atoms with E-state index in [0.717, 1.165) is 10.8 Å². The number of hydrogen-bond acceptors (Lipinski definition) is 3. The molecule has 2 aromatic rings. The van der Waals surface area contributed by atoms with E-state index in [1.54, 1.807) is 17.9 Å². The molecule has 1 unspecified atom stereocenters. The SMILES string of the molecule is CC1(C(=O)O)CCN(C(=O)CCNC(=O)c2ccc3ccccc3c2)C1. The van der Waals surface area contributed by atoms with Gasteiger partial charge >= 0.3 is 5.97 Å². The molecule has 0 radical (unpaired) electrons. The average molecular weight is 354 g/mol. The van der Waals surface area contributed by atoms with Crippen LogP contribution < -0.4 is 5.32 Å². The van der Waals surface area contributed by atoms with Gasteiger partial charge in [0.05, 0.1) is 5.41 Å². The normalized spacial score (nSPS) is 19.5. The Balaban J connectivity index is 1.52. The van der Waals surface area contributed by atoms with Crippen molar-refractivity contribution in [2.75, 3.05) is 19.6 Å². The smallest absolute Gasteiger partial charge is 0.311 e. The molecule has 26 heavy (non-hydrogen) atoms. The molecule has 136 valence electrons. The molecule has 0 aromatic heterocycles.